The predicted octanol–water partition coefficient (Wildman–Crippen LogP) is 3.91. The van der Waals surface area contributed by atoms with Crippen LogP contribution in [0.3, 0.4) is 0 Å². The van der Waals surface area contributed by atoms with Crippen LogP contribution in [0.5, 0.6) is 11.7 Å². The van der Waals surface area contributed by atoms with Gasteiger partial charge in [0.1, 0.15) is 11.5 Å². The second kappa shape index (κ2) is 5.96. The molecule has 17 heavy (non-hydrogen) atoms. The summed E-state index contributed by atoms with van der Waals surface area (Å²) in [6.45, 7) is 2.29. The zero-order valence-electron chi connectivity index (χ0n) is 9.27. The maximum atomic E-state index is 5.85. The lowest BCUT2D eigenvalue weighted by atomic mass is 10.2. The minimum atomic E-state index is 0. The van der Waals surface area contributed by atoms with Crippen molar-refractivity contribution in [1.29, 1.82) is 0 Å². The normalized spacial score (nSPS) is 9.82. The number of furan rings is 1. The van der Waals surface area contributed by atoms with Crippen molar-refractivity contribution in [3.8, 4) is 11.7 Å². The van der Waals surface area contributed by atoms with Gasteiger partial charge in [0.05, 0.1) is 6.54 Å². The van der Waals surface area contributed by atoms with E-state index in [-0.39, 0.29) is 12.4 Å². The van der Waals surface area contributed by atoms with Gasteiger partial charge in [0.2, 0.25) is 0 Å². The molecule has 0 fully saturated rings. The number of benzene rings is 1. The lowest BCUT2D eigenvalue weighted by molar-refractivity contribution is 0.331. The largest absolute Gasteiger partial charge is 0.429 e. The Kier molecular flexibility index (Phi) is 4.87. The fourth-order valence-electron chi connectivity index (χ4n) is 1.36. The number of nitrogens with two attached hydrogens (primary N) is 1. The molecule has 92 valence electrons. The van der Waals surface area contributed by atoms with Crippen LogP contribution in [0.4, 0.5) is 0 Å². The molecule has 1 heterocycles. The van der Waals surface area contributed by atoms with Crippen LogP contribution in [0.15, 0.2) is 34.7 Å². The molecule has 0 aliphatic heterocycles. The summed E-state index contributed by atoms with van der Waals surface area (Å²) in [7, 11) is 0. The Morgan fingerprint density at radius 1 is 1.29 bits per heavy atom. The van der Waals surface area contributed by atoms with Gasteiger partial charge in [0.15, 0.2) is 0 Å². The Bertz CT molecular complexity index is 497. The smallest absolute Gasteiger partial charge is 0.290 e. The molecule has 0 amide bonds. The zero-order chi connectivity index (χ0) is 11.5. The Morgan fingerprint density at radius 2 is 2.06 bits per heavy atom. The number of rotatable bonds is 3. The van der Waals surface area contributed by atoms with Crippen molar-refractivity contribution in [2.75, 3.05) is 0 Å². The van der Waals surface area contributed by atoms with Crippen LogP contribution in [-0.4, -0.2) is 0 Å². The minimum Gasteiger partial charge on any atom is -0.429 e. The third-order valence-corrected chi connectivity index (χ3v) is 2.42. The highest BCUT2D eigenvalue weighted by molar-refractivity contribution is 6.30. The zero-order valence-corrected chi connectivity index (χ0v) is 10.8. The van der Waals surface area contributed by atoms with Crippen LogP contribution < -0.4 is 10.5 Å². The summed E-state index contributed by atoms with van der Waals surface area (Å²) in [5.41, 5.74) is 6.40. The van der Waals surface area contributed by atoms with E-state index < -0.39 is 0 Å². The maximum Gasteiger partial charge on any atom is 0.290 e. The fraction of sp³-hybridized carbons (Fsp3) is 0.167. The quantitative estimate of drug-likeness (QED) is 0.922. The van der Waals surface area contributed by atoms with Gasteiger partial charge in [-0.15, -0.1) is 12.4 Å². The third-order valence-electron chi connectivity index (χ3n) is 2.19. The van der Waals surface area contributed by atoms with Crippen LogP contribution in [0, 0.1) is 6.92 Å². The average Bonchev–Trinajstić information content (AvgIpc) is 2.70. The lowest BCUT2D eigenvalue weighted by Gasteiger charge is -2.05. The molecule has 0 bridgehead atoms. The van der Waals surface area contributed by atoms with Gasteiger partial charge in [0, 0.05) is 11.1 Å². The number of hydrogen-bond donors (Lipinski definition) is 1. The summed E-state index contributed by atoms with van der Waals surface area (Å²) >= 11 is 5.85. The van der Waals surface area contributed by atoms with Crippen molar-refractivity contribution in [2.45, 2.75) is 13.5 Å². The van der Waals surface area contributed by atoms with Crippen molar-refractivity contribution < 1.29 is 9.15 Å². The summed E-state index contributed by atoms with van der Waals surface area (Å²) in [6.07, 6.45) is 0. The maximum absolute atomic E-state index is 5.85. The van der Waals surface area contributed by atoms with E-state index in [1.807, 2.05) is 19.1 Å². The number of ether oxygens (including phenoxy) is 1. The van der Waals surface area contributed by atoms with Gasteiger partial charge in [0.25, 0.3) is 5.95 Å². The first kappa shape index (κ1) is 13.9. The second-order valence-corrected chi connectivity index (χ2v) is 3.87. The van der Waals surface area contributed by atoms with Gasteiger partial charge in [-0.2, -0.15) is 0 Å². The van der Waals surface area contributed by atoms with Crippen LogP contribution in [0.25, 0.3) is 0 Å². The average molecular weight is 274 g/mol. The van der Waals surface area contributed by atoms with Gasteiger partial charge < -0.3 is 14.9 Å². The fourth-order valence-corrected chi connectivity index (χ4v) is 1.59. The molecule has 0 saturated heterocycles. The van der Waals surface area contributed by atoms with Crippen molar-refractivity contribution in [3.05, 3.63) is 46.7 Å². The monoisotopic (exact) mass is 273 g/mol. The van der Waals surface area contributed by atoms with Gasteiger partial charge in [-0.25, -0.2) is 0 Å². The van der Waals surface area contributed by atoms with Gasteiger partial charge in [-0.1, -0.05) is 11.6 Å². The first-order chi connectivity index (χ1) is 7.69. The Morgan fingerprint density at radius 3 is 2.65 bits per heavy atom. The van der Waals surface area contributed by atoms with Crippen LogP contribution in [-0.2, 0) is 6.54 Å². The van der Waals surface area contributed by atoms with Gasteiger partial charge in [-0.3, -0.25) is 0 Å². The molecular formula is C12H13Cl2NO2. The summed E-state index contributed by atoms with van der Waals surface area (Å²) in [4.78, 5) is 0. The molecular weight excluding hydrogens is 261 g/mol. The molecule has 2 aromatic rings. The highest BCUT2D eigenvalue weighted by Gasteiger charge is 2.05. The lowest BCUT2D eigenvalue weighted by Crippen LogP contribution is -1.92. The molecule has 2 rings (SSSR count). The van der Waals surface area contributed by atoms with Crippen molar-refractivity contribution in [2.24, 2.45) is 5.73 Å². The van der Waals surface area contributed by atoms with E-state index in [2.05, 4.69) is 0 Å². The topological polar surface area (TPSA) is 48.4 Å². The second-order valence-electron chi connectivity index (χ2n) is 3.44. The number of aryl methyl sites for hydroxylation is 1. The molecule has 3 nitrogen and oxygen atoms in total. The van der Waals surface area contributed by atoms with E-state index in [1.165, 1.54) is 0 Å². The Balaban J connectivity index is 0.00000144. The third kappa shape index (κ3) is 3.40. The minimum absolute atomic E-state index is 0. The van der Waals surface area contributed by atoms with E-state index in [0.29, 0.717) is 23.3 Å². The molecule has 0 atom stereocenters. The molecule has 5 heteroatoms. The van der Waals surface area contributed by atoms with Crippen LogP contribution >= 0.6 is 24.0 Å². The molecule has 0 aliphatic carbocycles. The summed E-state index contributed by atoms with van der Waals surface area (Å²) < 4.78 is 10.9. The van der Waals surface area contributed by atoms with Crippen molar-refractivity contribution in [1.82, 2.24) is 0 Å². The van der Waals surface area contributed by atoms with Gasteiger partial charge in [-0.05, 0) is 36.8 Å². The standard InChI is InChI=1S/C12H12ClNO2.ClH/c1-8-6-9(13)2-4-11(8)16-12-5-3-10(7-14)15-12;/h2-6H,7,14H2,1H3;1H. The van der Waals surface area contributed by atoms with E-state index in [4.69, 9.17) is 26.5 Å². The summed E-state index contributed by atoms with van der Waals surface area (Å²) in [5, 5.41) is 0.687. The molecule has 2 N–H and O–H groups in total. The molecule has 0 unspecified atom stereocenters. The van der Waals surface area contributed by atoms with Crippen LogP contribution in [0.2, 0.25) is 5.02 Å². The molecule has 1 aromatic heterocycles. The molecule has 1 aromatic carbocycles. The first-order valence-electron chi connectivity index (χ1n) is 4.92. The number of halogens is 2. The first-order valence-corrected chi connectivity index (χ1v) is 5.29. The predicted molar refractivity (Wildman–Crippen MR) is 70.1 cm³/mol. The molecule has 0 aliphatic rings. The highest BCUT2D eigenvalue weighted by atomic mass is 35.5. The molecule has 0 saturated carbocycles. The Labute approximate surface area is 111 Å². The SMILES string of the molecule is Cc1cc(Cl)ccc1Oc1ccc(CN)o1.Cl. The van der Waals surface area contributed by atoms with E-state index in [0.717, 1.165) is 11.3 Å². The summed E-state index contributed by atoms with van der Waals surface area (Å²) in [6, 6.07) is 8.96. The van der Waals surface area contributed by atoms with E-state index in [1.54, 1.807) is 18.2 Å². The van der Waals surface area contributed by atoms with Gasteiger partial charge >= 0.3 is 0 Å². The summed E-state index contributed by atoms with van der Waals surface area (Å²) in [5.74, 6) is 1.86. The van der Waals surface area contributed by atoms with E-state index >= 15 is 0 Å². The van der Waals surface area contributed by atoms with E-state index in [9.17, 15) is 0 Å². The molecule has 0 spiro atoms. The Hall–Kier alpha value is -1.16. The number of hydrogen-bond acceptors (Lipinski definition) is 3. The molecule has 0 radical (unpaired) electrons. The van der Waals surface area contributed by atoms with Crippen molar-refractivity contribution >= 4 is 24.0 Å². The van der Waals surface area contributed by atoms with Crippen molar-refractivity contribution in [3.63, 3.8) is 0 Å². The highest BCUT2D eigenvalue weighted by Crippen LogP contribution is 2.28. The van der Waals surface area contributed by atoms with Crippen LogP contribution in [0.1, 0.15) is 11.3 Å².